The predicted octanol–water partition coefficient (Wildman–Crippen LogP) is 5.09. The van der Waals surface area contributed by atoms with Gasteiger partial charge in [-0.3, -0.25) is 13.9 Å². The third-order valence-corrected chi connectivity index (χ3v) is 8.40. The number of rotatable bonds is 11. The first-order valence-corrected chi connectivity index (χ1v) is 14.4. The molecule has 2 amide bonds. The molecule has 0 radical (unpaired) electrons. The average Bonchev–Trinajstić information content (AvgIpc) is 2.89. The number of anilines is 1. The standard InChI is InChI=1S/C28H31Cl2N3O4S/c1-4-31-28(35)21(3)32(17-16-22-8-6-5-7-9-22)27(34)19-33(26-18-23(29)12-15-25(26)30)38(36,37)24-13-10-20(2)11-14-24/h5-15,18,21H,4,16-17,19H2,1-3H3,(H,31,35)/t21-/m1/s1. The molecule has 10 heteroatoms. The Morgan fingerprint density at radius 2 is 1.63 bits per heavy atom. The number of likely N-dealkylation sites (N-methyl/N-ethyl adjacent to an activating group) is 1. The van der Waals surface area contributed by atoms with E-state index in [1.165, 1.54) is 35.2 Å². The van der Waals surface area contributed by atoms with Crippen molar-refractivity contribution >= 4 is 50.7 Å². The SMILES string of the molecule is CCNC(=O)[C@@H](C)N(CCc1ccccc1)C(=O)CN(c1cc(Cl)ccc1Cl)S(=O)(=O)c1ccc(C)cc1. The molecule has 3 rings (SSSR count). The quantitative estimate of drug-likeness (QED) is 0.345. The molecule has 1 N–H and O–H groups in total. The van der Waals surface area contributed by atoms with Crippen LogP contribution in [0, 0.1) is 6.92 Å². The Kier molecular flexibility index (Phi) is 10.2. The van der Waals surface area contributed by atoms with E-state index in [0.29, 0.717) is 13.0 Å². The van der Waals surface area contributed by atoms with Crippen LogP contribution in [0.2, 0.25) is 10.0 Å². The molecule has 0 aromatic heterocycles. The maximum Gasteiger partial charge on any atom is 0.264 e. The van der Waals surface area contributed by atoms with Crippen LogP contribution in [0.1, 0.15) is 25.0 Å². The second-order valence-corrected chi connectivity index (χ2v) is 11.5. The fourth-order valence-electron chi connectivity index (χ4n) is 3.92. The van der Waals surface area contributed by atoms with Crippen molar-refractivity contribution in [3.8, 4) is 0 Å². The monoisotopic (exact) mass is 575 g/mol. The lowest BCUT2D eigenvalue weighted by Crippen LogP contribution is -2.52. The third-order valence-electron chi connectivity index (χ3n) is 6.07. The molecule has 0 aliphatic rings. The van der Waals surface area contributed by atoms with Crippen molar-refractivity contribution in [1.29, 1.82) is 0 Å². The average molecular weight is 577 g/mol. The molecule has 0 saturated heterocycles. The number of carbonyl (C=O) groups excluding carboxylic acids is 2. The molecule has 38 heavy (non-hydrogen) atoms. The molecule has 0 saturated carbocycles. The van der Waals surface area contributed by atoms with E-state index in [0.717, 1.165) is 15.4 Å². The third kappa shape index (κ3) is 7.28. The number of hydrogen-bond donors (Lipinski definition) is 1. The van der Waals surface area contributed by atoms with Gasteiger partial charge in [0.05, 0.1) is 15.6 Å². The van der Waals surface area contributed by atoms with Crippen LogP contribution in [0.25, 0.3) is 0 Å². The number of benzene rings is 3. The number of hydrogen-bond acceptors (Lipinski definition) is 4. The summed E-state index contributed by atoms with van der Waals surface area (Å²) in [6.45, 7) is 5.29. The Morgan fingerprint density at radius 1 is 0.974 bits per heavy atom. The van der Waals surface area contributed by atoms with Crippen molar-refractivity contribution in [3.05, 3.63) is 94.0 Å². The van der Waals surface area contributed by atoms with Crippen molar-refractivity contribution in [2.45, 2.75) is 38.1 Å². The summed E-state index contributed by atoms with van der Waals surface area (Å²) >= 11 is 12.6. The predicted molar refractivity (Wildman–Crippen MR) is 152 cm³/mol. The van der Waals surface area contributed by atoms with Gasteiger partial charge in [-0.2, -0.15) is 0 Å². The minimum atomic E-state index is -4.22. The Morgan fingerprint density at radius 3 is 2.26 bits per heavy atom. The van der Waals surface area contributed by atoms with Gasteiger partial charge in [-0.1, -0.05) is 71.2 Å². The van der Waals surface area contributed by atoms with Gasteiger partial charge in [0, 0.05) is 18.1 Å². The lowest BCUT2D eigenvalue weighted by molar-refractivity contribution is -0.138. The van der Waals surface area contributed by atoms with Crippen molar-refractivity contribution < 1.29 is 18.0 Å². The molecule has 0 unspecified atom stereocenters. The summed E-state index contributed by atoms with van der Waals surface area (Å²) in [4.78, 5) is 27.9. The number of carbonyl (C=O) groups is 2. The van der Waals surface area contributed by atoms with Gasteiger partial charge in [0.1, 0.15) is 12.6 Å². The number of aryl methyl sites for hydroxylation is 1. The first-order valence-electron chi connectivity index (χ1n) is 12.2. The van der Waals surface area contributed by atoms with Crippen LogP contribution in [-0.2, 0) is 26.0 Å². The van der Waals surface area contributed by atoms with Crippen LogP contribution in [0.4, 0.5) is 5.69 Å². The topological polar surface area (TPSA) is 86.8 Å². The molecule has 0 heterocycles. The van der Waals surface area contributed by atoms with Gasteiger partial charge >= 0.3 is 0 Å². The summed E-state index contributed by atoms with van der Waals surface area (Å²) in [6.07, 6.45) is 0.485. The first kappa shape index (κ1) is 29.5. The number of halogens is 2. The Labute approximate surface area is 234 Å². The minimum Gasteiger partial charge on any atom is -0.355 e. The van der Waals surface area contributed by atoms with Gasteiger partial charge < -0.3 is 10.2 Å². The molecule has 0 aliphatic carbocycles. The van der Waals surface area contributed by atoms with E-state index in [2.05, 4.69) is 5.32 Å². The van der Waals surface area contributed by atoms with Crippen LogP contribution >= 0.6 is 23.2 Å². The zero-order chi connectivity index (χ0) is 27.9. The normalized spacial score (nSPS) is 12.0. The summed E-state index contributed by atoms with van der Waals surface area (Å²) in [6, 6.07) is 19.4. The summed E-state index contributed by atoms with van der Waals surface area (Å²) < 4.78 is 28.6. The van der Waals surface area contributed by atoms with E-state index < -0.39 is 28.5 Å². The zero-order valence-electron chi connectivity index (χ0n) is 21.5. The highest BCUT2D eigenvalue weighted by Gasteiger charge is 2.33. The van der Waals surface area contributed by atoms with Gasteiger partial charge in [-0.25, -0.2) is 8.42 Å². The van der Waals surface area contributed by atoms with Gasteiger partial charge in [0.15, 0.2) is 0 Å². The lowest BCUT2D eigenvalue weighted by atomic mass is 10.1. The molecule has 0 spiro atoms. The molecule has 3 aromatic rings. The van der Waals surface area contributed by atoms with Crippen LogP contribution < -0.4 is 9.62 Å². The number of sulfonamides is 1. The van der Waals surface area contributed by atoms with Crippen molar-refractivity contribution in [2.24, 2.45) is 0 Å². The molecule has 1 atom stereocenters. The minimum absolute atomic E-state index is 0.000415. The lowest BCUT2D eigenvalue weighted by Gasteiger charge is -2.32. The highest BCUT2D eigenvalue weighted by atomic mass is 35.5. The van der Waals surface area contributed by atoms with Crippen molar-refractivity contribution in [2.75, 3.05) is 23.9 Å². The van der Waals surface area contributed by atoms with Gasteiger partial charge in [0.2, 0.25) is 11.8 Å². The zero-order valence-corrected chi connectivity index (χ0v) is 23.9. The Bertz CT molecular complexity index is 1370. The fourth-order valence-corrected chi connectivity index (χ4v) is 5.78. The first-order chi connectivity index (χ1) is 18.0. The smallest absolute Gasteiger partial charge is 0.264 e. The van der Waals surface area contributed by atoms with Gasteiger partial charge in [-0.15, -0.1) is 0 Å². The van der Waals surface area contributed by atoms with E-state index in [-0.39, 0.29) is 33.1 Å². The maximum absolute atomic E-state index is 13.8. The van der Waals surface area contributed by atoms with Crippen molar-refractivity contribution in [1.82, 2.24) is 10.2 Å². The van der Waals surface area contributed by atoms with E-state index in [1.54, 1.807) is 26.0 Å². The highest BCUT2D eigenvalue weighted by Crippen LogP contribution is 2.33. The Hall–Kier alpha value is -3.07. The largest absolute Gasteiger partial charge is 0.355 e. The maximum atomic E-state index is 13.8. The number of nitrogens with one attached hydrogen (secondary N) is 1. The van der Waals surface area contributed by atoms with Crippen LogP contribution in [-0.4, -0.2) is 50.8 Å². The number of nitrogens with zero attached hydrogens (tertiary/aromatic N) is 2. The van der Waals surface area contributed by atoms with E-state index in [1.807, 2.05) is 37.3 Å². The summed E-state index contributed by atoms with van der Waals surface area (Å²) in [5, 5.41) is 3.12. The number of amides is 2. The van der Waals surface area contributed by atoms with Crippen LogP contribution in [0.5, 0.6) is 0 Å². The Balaban J connectivity index is 2.02. The second kappa shape index (κ2) is 13.1. The van der Waals surface area contributed by atoms with E-state index >= 15 is 0 Å². The fraction of sp³-hybridized carbons (Fsp3) is 0.286. The van der Waals surface area contributed by atoms with E-state index in [4.69, 9.17) is 23.2 Å². The molecule has 7 nitrogen and oxygen atoms in total. The van der Waals surface area contributed by atoms with E-state index in [9.17, 15) is 18.0 Å². The summed E-state index contributed by atoms with van der Waals surface area (Å²) in [7, 11) is -4.22. The van der Waals surface area contributed by atoms with Gasteiger partial charge in [0.25, 0.3) is 10.0 Å². The second-order valence-electron chi connectivity index (χ2n) is 8.81. The van der Waals surface area contributed by atoms with Crippen LogP contribution in [0.3, 0.4) is 0 Å². The molecule has 3 aromatic carbocycles. The highest BCUT2D eigenvalue weighted by molar-refractivity contribution is 7.92. The molecule has 0 fully saturated rings. The molecule has 0 aliphatic heterocycles. The summed E-state index contributed by atoms with van der Waals surface area (Å²) in [5.74, 6) is -0.881. The van der Waals surface area contributed by atoms with Crippen LogP contribution in [0.15, 0.2) is 77.7 Å². The summed E-state index contributed by atoms with van der Waals surface area (Å²) in [5.41, 5.74) is 1.94. The van der Waals surface area contributed by atoms with Gasteiger partial charge in [-0.05, 0) is 63.1 Å². The molecule has 202 valence electrons. The molecular formula is C28H31Cl2N3O4S. The molecule has 0 bridgehead atoms. The van der Waals surface area contributed by atoms with Crippen molar-refractivity contribution in [3.63, 3.8) is 0 Å². The molecular weight excluding hydrogens is 545 g/mol.